The lowest BCUT2D eigenvalue weighted by Gasteiger charge is -2.16. The second-order valence-electron chi connectivity index (χ2n) is 4.50. The first-order valence-electron chi connectivity index (χ1n) is 5.90. The van der Waals surface area contributed by atoms with Crippen molar-refractivity contribution in [2.24, 2.45) is 0 Å². The lowest BCUT2D eigenvalue weighted by molar-refractivity contribution is -0.138. The van der Waals surface area contributed by atoms with E-state index in [0.29, 0.717) is 5.69 Å². The molecule has 1 rings (SSSR count). The quantitative estimate of drug-likeness (QED) is 0.862. The highest BCUT2D eigenvalue weighted by molar-refractivity contribution is 7.90. The predicted octanol–water partition coefficient (Wildman–Crippen LogP) is 1.57. The van der Waals surface area contributed by atoms with Crippen molar-refractivity contribution >= 4 is 21.4 Å². The van der Waals surface area contributed by atoms with Crippen molar-refractivity contribution in [3.63, 3.8) is 0 Å². The summed E-state index contributed by atoms with van der Waals surface area (Å²) in [6.45, 7) is 0.00104. The summed E-state index contributed by atoms with van der Waals surface area (Å²) in [4.78, 5) is 11.6. The molecule has 0 bridgehead atoms. The van der Waals surface area contributed by atoms with Gasteiger partial charge in [0.25, 0.3) is 0 Å². The molecule has 0 fully saturated rings. The number of benzene rings is 1. The molecule has 0 spiro atoms. The van der Waals surface area contributed by atoms with Crippen LogP contribution < -0.4 is 10.6 Å². The molecule has 1 aromatic rings. The average Bonchev–Trinajstić information content (AvgIpc) is 2.34. The molecule has 1 atom stereocenters. The van der Waals surface area contributed by atoms with Crippen LogP contribution in [0.15, 0.2) is 29.2 Å². The Labute approximate surface area is 120 Å². The maximum atomic E-state index is 12.0. The first-order chi connectivity index (χ1) is 9.49. The normalized spacial score (nSPS) is 13.6. The largest absolute Gasteiger partial charge is 0.405 e. The highest BCUT2D eigenvalue weighted by atomic mass is 32.2. The van der Waals surface area contributed by atoms with Crippen LogP contribution in [0.5, 0.6) is 0 Å². The number of alkyl halides is 3. The number of carbonyl (C=O) groups excluding carboxylic acids is 1. The van der Waals surface area contributed by atoms with E-state index >= 15 is 0 Å². The predicted molar refractivity (Wildman–Crippen MR) is 71.7 cm³/mol. The Morgan fingerprint density at radius 2 is 1.76 bits per heavy atom. The van der Waals surface area contributed by atoms with E-state index in [9.17, 15) is 26.4 Å². The first-order valence-corrected chi connectivity index (χ1v) is 7.79. The Kier molecular flexibility index (Phi) is 5.21. The number of nitrogens with one attached hydrogen (secondary N) is 2. The first kappa shape index (κ1) is 17.3. The van der Waals surface area contributed by atoms with Crippen LogP contribution in [0.2, 0.25) is 0 Å². The van der Waals surface area contributed by atoms with Gasteiger partial charge in [-0.1, -0.05) is 0 Å². The Morgan fingerprint density at radius 3 is 2.19 bits per heavy atom. The van der Waals surface area contributed by atoms with Crippen LogP contribution >= 0.6 is 0 Å². The molecule has 0 aliphatic heterocycles. The maximum absolute atomic E-state index is 12.0. The van der Waals surface area contributed by atoms with Gasteiger partial charge in [-0.15, -0.1) is 0 Å². The third-order valence-electron chi connectivity index (χ3n) is 2.52. The minimum atomic E-state index is -4.47. The van der Waals surface area contributed by atoms with Gasteiger partial charge in [-0.3, -0.25) is 4.79 Å². The van der Waals surface area contributed by atoms with Crippen LogP contribution in [-0.2, 0) is 14.6 Å². The van der Waals surface area contributed by atoms with Gasteiger partial charge in [0, 0.05) is 11.9 Å². The van der Waals surface area contributed by atoms with Gasteiger partial charge in [0.15, 0.2) is 9.84 Å². The van der Waals surface area contributed by atoms with E-state index in [1.807, 2.05) is 0 Å². The van der Waals surface area contributed by atoms with Gasteiger partial charge in [0.2, 0.25) is 5.91 Å². The summed E-state index contributed by atoms with van der Waals surface area (Å²) < 4.78 is 58.4. The second kappa shape index (κ2) is 6.33. The summed E-state index contributed by atoms with van der Waals surface area (Å²) >= 11 is 0. The molecule has 118 valence electrons. The fourth-order valence-electron chi connectivity index (χ4n) is 1.45. The Balaban J connectivity index is 2.62. The maximum Gasteiger partial charge on any atom is 0.405 e. The zero-order valence-electron chi connectivity index (χ0n) is 11.4. The highest BCUT2D eigenvalue weighted by Crippen LogP contribution is 2.15. The fraction of sp³-hybridized carbons (Fsp3) is 0.417. The molecule has 1 amide bonds. The second-order valence-corrected chi connectivity index (χ2v) is 6.51. The molecule has 0 aromatic heterocycles. The smallest absolute Gasteiger partial charge is 0.374 e. The van der Waals surface area contributed by atoms with Crippen LogP contribution in [0.4, 0.5) is 18.9 Å². The van der Waals surface area contributed by atoms with Gasteiger partial charge < -0.3 is 10.6 Å². The van der Waals surface area contributed by atoms with Gasteiger partial charge in [-0.2, -0.15) is 13.2 Å². The minimum Gasteiger partial charge on any atom is -0.374 e. The van der Waals surface area contributed by atoms with Gasteiger partial charge in [-0.25, -0.2) is 8.42 Å². The third-order valence-corrected chi connectivity index (χ3v) is 3.65. The van der Waals surface area contributed by atoms with Crippen LogP contribution in [0, 0.1) is 0 Å². The summed E-state index contributed by atoms with van der Waals surface area (Å²) in [6.07, 6.45) is -3.41. The van der Waals surface area contributed by atoms with Gasteiger partial charge in [0.1, 0.15) is 12.6 Å². The van der Waals surface area contributed by atoms with Crippen molar-refractivity contribution in [3.8, 4) is 0 Å². The molecule has 0 heterocycles. The Bertz CT molecular complexity index is 597. The molecule has 5 nitrogen and oxygen atoms in total. The summed E-state index contributed by atoms with van der Waals surface area (Å²) in [6, 6.07) is 4.67. The van der Waals surface area contributed by atoms with Gasteiger partial charge in [-0.05, 0) is 31.2 Å². The Morgan fingerprint density at radius 1 is 1.24 bits per heavy atom. The Hall–Kier alpha value is -1.77. The van der Waals surface area contributed by atoms with Crippen LogP contribution in [0.1, 0.15) is 6.92 Å². The average molecular weight is 324 g/mol. The van der Waals surface area contributed by atoms with Crippen molar-refractivity contribution in [2.75, 3.05) is 18.1 Å². The summed E-state index contributed by atoms with van der Waals surface area (Å²) in [7, 11) is -3.32. The molecular weight excluding hydrogens is 309 g/mol. The van der Waals surface area contributed by atoms with Gasteiger partial charge in [0.05, 0.1) is 4.90 Å². The molecule has 2 N–H and O–H groups in total. The summed E-state index contributed by atoms with van der Waals surface area (Å²) in [5.41, 5.74) is 0.428. The van der Waals surface area contributed by atoms with Crippen LogP contribution in [0.3, 0.4) is 0 Å². The number of carbonyl (C=O) groups is 1. The van der Waals surface area contributed by atoms with E-state index in [4.69, 9.17) is 0 Å². The zero-order valence-corrected chi connectivity index (χ0v) is 12.2. The van der Waals surface area contributed by atoms with E-state index in [0.717, 1.165) is 6.26 Å². The van der Waals surface area contributed by atoms with E-state index in [2.05, 4.69) is 5.32 Å². The lowest BCUT2D eigenvalue weighted by Crippen LogP contribution is -2.42. The molecule has 1 aromatic carbocycles. The van der Waals surface area contributed by atoms with E-state index in [-0.39, 0.29) is 4.90 Å². The SMILES string of the molecule is CC(Nc1ccc(S(C)(=O)=O)cc1)C(=O)NCC(F)(F)F. The lowest BCUT2D eigenvalue weighted by atomic mass is 10.2. The van der Waals surface area contributed by atoms with Gasteiger partial charge >= 0.3 is 6.18 Å². The van der Waals surface area contributed by atoms with E-state index in [1.54, 1.807) is 5.32 Å². The molecule has 0 aliphatic carbocycles. The number of rotatable bonds is 5. The summed E-state index contributed by atoms with van der Waals surface area (Å²) in [5.74, 6) is -0.806. The van der Waals surface area contributed by atoms with Crippen LogP contribution in [-0.4, -0.2) is 39.3 Å². The van der Waals surface area contributed by atoms with Crippen molar-refractivity contribution in [2.45, 2.75) is 24.0 Å². The number of halogens is 3. The minimum absolute atomic E-state index is 0.113. The third kappa shape index (κ3) is 6.03. The van der Waals surface area contributed by atoms with Crippen molar-refractivity contribution in [1.82, 2.24) is 5.32 Å². The topological polar surface area (TPSA) is 75.3 Å². The van der Waals surface area contributed by atoms with Crippen molar-refractivity contribution in [3.05, 3.63) is 24.3 Å². The fourth-order valence-corrected chi connectivity index (χ4v) is 2.08. The standard InChI is InChI=1S/C12H15F3N2O3S/c1-8(11(18)16-7-12(13,14)15)17-9-3-5-10(6-4-9)21(2,19)20/h3-6,8,17H,7H2,1-2H3,(H,16,18). The molecule has 0 aliphatic rings. The summed E-state index contributed by atoms with van der Waals surface area (Å²) in [5, 5.41) is 4.44. The molecule has 21 heavy (non-hydrogen) atoms. The molecule has 0 saturated heterocycles. The molecular formula is C12H15F3N2O3S. The number of anilines is 1. The number of amides is 1. The van der Waals surface area contributed by atoms with E-state index in [1.165, 1.54) is 31.2 Å². The highest BCUT2D eigenvalue weighted by Gasteiger charge is 2.28. The molecule has 0 saturated carbocycles. The van der Waals surface area contributed by atoms with Crippen LogP contribution in [0.25, 0.3) is 0 Å². The van der Waals surface area contributed by atoms with Crippen molar-refractivity contribution in [1.29, 1.82) is 0 Å². The number of hydrogen-bond donors (Lipinski definition) is 2. The molecule has 0 radical (unpaired) electrons. The number of hydrogen-bond acceptors (Lipinski definition) is 4. The monoisotopic (exact) mass is 324 g/mol. The van der Waals surface area contributed by atoms with E-state index < -0.39 is 34.5 Å². The molecule has 9 heteroatoms. The van der Waals surface area contributed by atoms with Crippen molar-refractivity contribution < 1.29 is 26.4 Å². The number of sulfone groups is 1. The molecule has 1 unspecified atom stereocenters. The zero-order chi connectivity index (χ0) is 16.3.